The number of fused-ring (bicyclic) bond motifs is 1. The largest absolute Gasteiger partial charge is 0.810 e. The Labute approximate surface area is 179 Å². The maximum Gasteiger partial charge on any atom is 0.172 e. The first-order chi connectivity index (χ1) is 11.7. The van der Waals surface area contributed by atoms with Crippen LogP contribution >= 0.6 is 15.9 Å². The van der Waals surface area contributed by atoms with Crippen LogP contribution in [0, 0.1) is 0 Å². The van der Waals surface area contributed by atoms with Gasteiger partial charge in [0.2, 0.25) is 0 Å². The first kappa shape index (κ1) is 19.8. The van der Waals surface area contributed by atoms with Crippen LogP contribution in [0.2, 0.25) is 0 Å². The standard InChI is InChI=1S/C17H15BrN6.Y/c1-20-9-12(8-19)10-21-16-7-15(13-5-3-2-4-6-13)23-17-14(18)11-22-24(16)17;/h2-9,11,21H,10H2,1H3;/q-2;/b12-9+;. The van der Waals surface area contributed by atoms with Gasteiger partial charge in [-0.2, -0.15) is 22.0 Å². The zero-order valence-corrected chi connectivity index (χ0v) is 18.0. The van der Waals surface area contributed by atoms with Crippen molar-refractivity contribution in [1.29, 1.82) is 0 Å². The van der Waals surface area contributed by atoms with E-state index in [1.54, 1.807) is 24.0 Å². The maximum absolute atomic E-state index is 9.25. The molecule has 1 aromatic carbocycles. The molecule has 125 valence electrons. The molecule has 0 aliphatic rings. The van der Waals surface area contributed by atoms with Crippen molar-refractivity contribution in [1.82, 2.24) is 14.6 Å². The van der Waals surface area contributed by atoms with Crippen molar-refractivity contribution in [2.75, 3.05) is 18.9 Å². The van der Waals surface area contributed by atoms with Crippen LogP contribution in [0.15, 0.2) is 58.8 Å². The molecular formula is C17H15BrN6Y-2. The van der Waals surface area contributed by atoms with Gasteiger partial charge in [-0.1, -0.05) is 35.9 Å². The van der Waals surface area contributed by atoms with Crippen LogP contribution < -0.4 is 5.32 Å². The number of nitrogens with one attached hydrogen (secondary N) is 1. The predicted molar refractivity (Wildman–Crippen MR) is 101 cm³/mol. The first-order valence-electron chi connectivity index (χ1n) is 7.32. The topological polar surface area (TPSA) is 78.6 Å². The number of rotatable bonds is 6. The van der Waals surface area contributed by atoms with Crippen molar-refractivity contribution >= 4 is 33.6 Å². The molecule has 0 aliphatic heterocycles. The van der Waals surface area contributed by atoms with Gasteiger partial charge in [-0.3, -0.25) is 0 Å². The van der Waals surface area contributed by atoms with Gasteiger partial charge >= 0.3 is 0 Å². The predicted octanol–water partition coefficient (Wildman–Crippen LogP) is 4.10. The number of hydrogen-bond acceptors (Lipinski definition) is 3. The van der Waals surface area contributed by atoms with E-state index in [0.717, 1.165) is 33.4 Å². The molecule has 0 unspecified atom stereocenters. The molecule has 3 rings (SSSR count). The summed E-state index contributed by atoms with van der Waals surface area (Å²) < 4.78 is 2.53. The number of aromatic nitrogens is 3. The van der Waals surface area contributed by atoms with E-state index < -0.39 is 0 Å². The maximum atomic E-state index is 9.25. The van der Waals surface area contributed by atoms with E-state index in [1.165, 1.54) is 0 Å². The van der Waals surface area contributed by atoms with E-state index in [0.29, 0.717) is 12.1 Å². The molecular weight excluding hydrogens is 457 g/mol. The van der Waals surface area contributed by atoms with Crippen LogP contribution in [-0.4, -0.2) is 34.4 Å². The van der Waals surface area contributed by atoms with E-state index in [1.807, 2.05) is 36.4 Å². The second-order valence-corrected chi connectivity index (χ2v) is 5.92. The van der Waals surface area contributed by atoms with E-state index in [4.69, 9.17) is 0 Å². The normalized spacial score (nSPS) is 11.0. The van der Waals surface area contributed by atoms with Crippen molar-refractivity contribution < 1.29 is 32.7 Å². The van der Waals surface area contributed by atoms with Crippen LogP contribution in [-0.2, 0) is 32.7 Å². The quantitative estimate of drug-likeness (QED) is 0.549. The summed E-state index contributed by atoms with van der Waals surface area (Å²) >= 11 is 3.48. The number of hydrogen-bond donors (Lipinski definition) is 1. The second-order valence-electron chi connectivity index (χ2n) is 5.07. The summed E-state index contributed by atoms with van der Waals surface area (Å²) in [5.41, 5.74) is 3.24. The van der Waals surface area contributed by atoms with Crippen molar-refractivity contribution in [3.8, 4) is 11.3 Å². The summed E-state index contributed by atoms with van der Waals surface area (Å²) in [6.45, 7) is 0.415. The average Bonchev–Trinajstić information content (AvgIpc) is 3.00. The van der Waals surface area contributed by atoms with Gasteiger partial charge in [0.25, 0.3) is 0 Å². The van der Waals surface area contributed by atoms with Crippen molar-refractivity contribution in [2.24, 2.45) is 0 Å². The molecule has 1 N–H and O–H groups in total. The Hall–Kier alpha value is -1.57. The molecule has 0 saturated heterocycles. The summed E-state index contributed by atoms with van der Waals surface area (Å²) in [4.78, 5) is 4.67. The summed E-state index contributed by atoms with van der Waals surface area (Å²) in [5.74, 6) is 0.772. The number of halogens is 1. The fourth-order valence-corrected chi connectivity index (χ4v) is 2.65. The van der Waals surface area contributed by atoms with Crippen LogP contribution in [0.5, 0.6) is 0 Å². The fourth-order valence-electron chi connectivity index (χ4n) is 2.30. The monoisotopic (exact) mass is 471 g/mol. The van der Waals surface area contributed by atoms with Gasteiger partial charge in [-0.15, -0.1) is 7.05 Å². The van der Waals surface area contributed by atoms with Gasteiger partial charge in [0.05, 0.1) is 16.4 Å². The van der Waals surface area contributed by atoms with E-state index in [2.05, 4.69) is 36.6 Å². The Kier molecular flexibility index (Phi) is 7.29. The van der Waals surface area contributed by atoms with Crippen molar-refractivity contribution in [3.63, 3.8) is 0 Å². The van der Waals surface area contributed by atoms with E-state index in [-0.39, 0.29) is 32.7 Å². The molecule has 2 aromatic heterocycles. The third kappa shape index (κ3) is 4.54. The molecule has 8 heteroatoms. The van der Waals surface area contributed by atoms with Gasteiger partial charge in [0.15, 0.2) is 5.65 Å². The Morgan fingerprint density at radius 2 is 2.12 bits per heavy atom. The second kappa shape index (κ2) is 9.22. The Morgan fingerprint density at radius 3 is 2.80 bits per heavy atom. The average molecular weight is 472 g/mol. The summed E-state index contributed by atoms with van der Waals surface area (Å²) in [7, 11) is 1.66. The van der Waals surface area contributed by atoms with Gasteiger partial charge < -0.3 is 16.0 Å². The zero-order valence-electron chi connectivity index (χ0n) is 13.6. The minimum atomic E-state index is 0. The molecule has 0 amide bonds. The molecule has 25 heavy (non-hydrogen) atoms. The van der Waals surface area contributed by atoms with Gasteiger partial charge in [0, 0.05) is 50.9 Å². The van der Waals surface area contributed by atoms with Crippen LogP contribution in [0.25, 0.3) is 27.6 Å². The van der Waals surface area contributed by atoms with E-state index >= 15 is 0 Å². The molecule has 0 bridgehead atoms. The molecule has 0 saturated carbocycles. The van der Waals surface area contributed by atoms with Crippen LogP contribution in [0.1, 0.15) is 0 Å². The van der Waals surface area contributed by atoms with Crippen LogP contribution in [0.3, 0.4) is 0 Å². The number of anilines is 1. The Balaban J connectivity index is 0.00000225. The third-order valence-electron chi connectivity index (χ3n) is 3.43. The Morgan fingerprint density at radius 1 is 1.36 bits per heavy atom. The molecule has 0 fully saturated rings. The molecule has 1 radical (unpaired) electrons. The zero-order chi connectivity index (χ0) is 16.9. The fraction of sp³-hybridized carbons (Fsp3) is 0.118. The number of benzene rings is 1. The summed E-state index contributed by atoms with van der Waals surface area (Å²) in [6.07, 6.45) is 4.34. The minimum Gasteiger partial charge on any atom is -0.810 e. The molecule has 2 heterocycles. The van der Waals surface area contributed by atoms with Gasteiger partial charge in [-0.25, -0.2) is 4.98 Å². The van der Waals surface area contributed by atoms with Gasteiger partial charge in [0.1, 0.15) is 5.82 Å². The number of nitrogens with zero attached hydrogens (tertiary/aromatic N) is 5. The smallest absolute Gasteiger partial charge is 0.172 e. The van der Waals surface area contributed by atoms with Crippen molar-refractivity contribution in [3.05, 3.63) is 69.6 Å². The van der Waals surface area contributed by atoms with E-state index in [9.17, 15) is 5.41 Å². The molecule has 0 atom stereocenters. The summed E-state index contributed by atoms with van der Waals surface area (Å²) in [6, 6.07) is 11.9. The molecule has 3 aromatic rings. The SMILES string of the molecule is C[N-]/C=C(\C=[N-])CNc1cc(-c2ccccc2)nc2c(Br)cnn12.[Y]. The molecule has 0 aliphatic carbocycles. The molecule has 0 spiro atoms. The Bertz CT molecular complexity index is 891. The minimum absolute atomic E-state index is 0. The first-order valence-corrected chi connectivity index (χ1v) is 8.11. The van der Waals surface area contributed by atoms with Gasteiger partial charge in [-0.05, 0) is 15.9 Å². The summed E-state index contributed by atoms with van der Waals surface area (Å²) in [5, 5.41) is 20.8. The third-order valence-corrected chi connectivity index (χ3v) is 3.99. The van der Waals surface area contributed by atoms with Crippen LogP contribution in [0.4, 0.5) is 5.82 Å². The molecule has 6 nitrogen and oxygen atoms in total. The van der Waals surface area contributed by atoms with Crippen molar-refractivity contribution in [2.45, 2.75) is 0 Å².